The number of nitrogens with one attached hydrogen (secondary N) is 1. The minimum atomic E-state index is 0.374. The summed E-state index contributed by atoms with van der Waals surface area (Å²) in [4.78, 5) is 3.99. The van der Waals surface area contributed by atoms with Gasteiger partial charge in [-0.1, -0.05) is 19.1 Å². The highest BCUT2D eigenvalue weighted by molar-refractivity contribution is 5.29. The average molecular weight is 256 g/mol. The summed E-state index contributed by atoms with van der Waals surface area (Å²) < 4.78 is 5.74. The van der Waals surface area contributed by atoms with Crippen LogP contribution in [0.4, 0.5) is 0 Å². The Balaban J connectivity index is 1.92. The van der Waals surface area contributed by atoms with Gasteiger partial charge < -0.3 is 10.1 Å². The number of nitrogens with zero attached hydrogens (tertiary/aromatic N) is 1. The Morgan fingerprint density at radius 1 is 1.11 bits per heavy atom. The molecule has 0 radical (unpaired) electrons. The van der Waals surface area contributed by atoms with E-state index in [1.165, 1.54) is 5.56 Å². The zero-order valence-corrected chi connectivity index (χ0v) is 11.5. The van der Waals surface area contributed by atoms with Crippen molar-refractivity contribution in [2.45, 2.75) is 26.5 Å². The van der Waals surface area contributed by atoms with E-state index in [-0.39, 0.29) is 0 Å². The van der Waals surface area contributed by atoms with Crippen LogP contribution in [0, 0.1) is 0 Å². The molecular weight excluding hydrogens is 236 g/mol. The maximum absolute atomic E-state index is 5.74. The molecule has 3 heteroatoms. The van der Waals surface area contributed by atoms with E-state index in [1.807, 2.05) is 24.3 Å². The SMILES string of the molecule is CCNC(C)c1ccc(OCc2ccncc2)cc1. The third-order valence-electron chi connectivity index (χ3n) is 3.05. The summed E-state index contributed by atoms with van der Waals surface area (Å²) in [7, 11) is 0. The van der Waals surface area contributed by atoms with Crippen molar-refractivity contribution in [1.29, 1.82) is 0 Å². The molecule has 2 rings (SSSR count). The van der Waals surface area contributed by atoms with Crippen molar-refractivity contribution in [1.82, 2.24) is 10.3 Å². The standard InChI is InChI=1S/C16H20N2O/c1-3-18-13(2)15-4-6-16(7-5-15)19-12-14-8-10-17-11-9-14/h4-11,13,18H,3,12H2,1-2H3. The summed E-state index contributed by atoms with van der Waals surface area (Å²) >= 11 is 0. The van der Waals surface area contributed by atoms with E-state index in [1.54, 1.807) is 12.4 Å². The molecule has 1 aromatic carbocycles. The summed E-state index contributed by atoms with van der Waals surface area (Å²) in [6.07, 6.45) is 3.56. The number of hydrogen-bond acceptors (Lipinski definition) is 3. The normalized spacial score (nSPS) is 12.1. The van der Waals surface area contributed by atoms with Crippen molar-refractivity contribution in [3.8, 4) is 5.75 Å². The Hall–Kier alpha value is -1.87. The average Bonchev–Trinajstić information content (AvgIpc) is 2.47. The zero-order valence-electron chi connectivity index (χ0n) is 11.5. The number of hydrogen-bond donors (Lipinski definition) is 1. The minimum absolute atomic E-state index is 0.374. The molecule has 1 heterocycles. The lowest BCUT2D eigenvalue weighted by molar-refractivity contribution is 0.306. The third kappa shape index (κ3) is 4.07. The summed E-state index contributed by atoms with van der Waals surface area (Å²) in [5.41, 5.74) is 2.40. The molecule has 19 heavy (non-hydrogen) atoms. The molecule has 2 aromatic rings. The molecular formula is C16H20N2O. The first-order valence-electron chi connectivity index (χ1n) is 6.64. The van der Waals surface area contributed by atoms with Gasteiger partial charge in [0.05, 0.1) is 0 Å². The second-order valence-corrected chi connectivity index (χ2v) is 4.49. The predicted octanol–water partition coefficient (Wildman–Crippen LogP) is 3.33. The fraction of sp³-hybridized carbons (Fsp3) is 0.312. The number of ether oxygens (including phenoxy) is 1. The van der Waals surface area contributed by atoms with Gasteiger partial charge in [-0.15, -0.1) is 0 Å². The molecule has 0 saturated carbocycles. The summed E-state index contributed by atoms with van der Waals surface area (Å²) in [5.74, 6) is 0.893. The lowest BCUT2D eigenvalue weighted by Gasteiger charge is -2.13. The molecule has 0 fully saturated rings. The Morgan fingerprint density at radius 2 is 1.79 bits per heavy atom. The first kappa shape index (κ1) is 13.6. The fourth-order valence-electron chi connectivity index (χ4n) is 1.92. The molecule has 0 saturated heterocycles. The van der Waals surface area contributed by atoms with E-state index in [0.29, 0.717) is 12.6 Å². The maximum atomic E-state index is 5.74. The monoisotopic (exact) mass is 256 g/mol. The van der Waals surface area contributed by atoms with E-state index in [4.69, 9.17) is 4.74 Å². The van der Waals surface area contributed by atoms with Gasteiger partial charge in [-0.2, -0.15) is 0 Å². The van der Waals surface area contributed by atoms with Crippen LogP contribution in [0.2, 0.25) is 0 Å². The second-order valence-electron chi connectivity index (χ2n) is 4.49. The molecule has 0 aliphatic carbocycles. The van der Waals surface area contributed by atoms with Crippen LogP contribution in [0.3, 0.4) is 0 Å². The second kappa shape index (κ2) is 6.90. The van der Waals surface area contributed by atoms with Gasteiger partial charge in [-0.25, -0.2) is 0 Å². The van der Waals surface area contributed by atoms with Gasteiger partial charge in [0.15, 0.2) is 0 Å². The Kier molecular flexibility index (Phi) is 4.93. The van der Waals surface area contributed by atoms with Crippen molar-refractivity contribution in [2.24, 2.45) is 0 Å². The quantitative estimate of drug-likeness (QED) is 0.860. The molecule has 1 N–H and O–H groups in total. The molecule has 1 aromatic heterocycles. The Bertz CT molecular complexity index is 482. The fourth-order valence-corrected chi connectivity index (χ4v) is 1.92. The molecule has 0 aliphatic rings. The summed E-state index contributed by atoms with van der Waals surface area (Å²) in [6.45, 7) is 5.82. The van der Waals surface area contributed by atoms with Crippen molar-refractivity contribution in [2.75, 3.05) is 6.54 Å². The van der Waals surface area contributed by atoms with Gasteiger partial charge in [0.2, 0.25) is 0 Å². The van der Waals surface area contributed by atoms with Crippen LogP contribution in [0.5, 0.6) is 5.75 Å². The van der Waals surface area contributed by atoms with E-state index in [2.05, 4.69) is 36.3 Å². The molecule has 0 amide bonds. The molecule has 100 valence electrons. The van der Waals surface area contributed by atoms with Gasteiger partial charge in [0.25, 0.3) is 0 Å². The maximum Gasteiger partial charge on any atom is 0.119 e. The first-order valence-corrected chi connectivity index (χ1v) is 6.64. The molecule has 3 nitrogen and oxygen atoms in total. The summed E-state index contributed by atoms with van der Waals surface area (Å²) in [5, 5.41) is 3.39. The van der Waals surface area contributed by atoms with Gasteiger partial charge >= 0.3 is 0 Å². The van der Waals surface area contributed by atoms with Gasteiger partial charge in [0, 0.05) is 18.4 Å². The third-order valence-corrected chi connectivity index (χ3v) is 3.05. The highest BCUT2D eigenvalue weighted by Gasteiger charge is 2.03. The van der Waals surface area contributed by atoms with Gasteiger partial charge in [0.1, 0.15) is 12.4 Å². The lowest BCUT2D eigenvalue weighted by atomic mass is 10.1. The molecule has 0 bridgehead atoms. The molecule has 1 unspecified atom stereocenters. The van der Waals surface area contributed by atoms with E-state index >= 15 is 0 Å². The number of aromatic nitrogens is 1. The lowest BCUT2D eigenvalue weighted by Crippen LogP contribution is -2.17. The van der Waals surface area contributed by atoms with Crippen LogP contribution in [0.15, 0.2) is 48.8 Å². The van der Waals surface area contributed by atoms with Crippen molar-refractivity contribution < 1.29 is 4.74 Å². The predicted molar refractivity (Wildman–Crippen MR) is 77.1 cm³/mol. The van der Waals surface area contributed by atoms with Crippen LogP contribution in [0.1, 0.15) is 31.0 Å². The minimum Gasteiger partial charge on any atom is -0.489 e. The Morgan fingerprint density at radius 3 is 2.42 bits per heavy atom. The highest BCUT2D eigenvalue weighted by atomic mass is 16.5. The van der Waals surface area contributed by atoms with E-state index in [9.17, 15) is 0 Å². The summed E-state index contributed by atoms with van der Waals surface area (Å²) in [6, 6.07) is 12.5. The number of pyridine rings is 1. The van der Waals surface area contributed by atoms with Crippen LogP contribution in [-0.2, 0) is 6.61 Å². The number of benzene rings is 1. The number of rotatable bonds is 6. The van der Waals surface area contributed by atoms with Crippen LogP contribution < -0.4 is 10.1 Å². The first-order chi connectivity index (χ1) is 9.29. The van der Waals surface area contributed by atoms with Crippen molar-refractivity contribution >= 4 is 0 Å². The van der Waals surface area contributed by atoms with Crippen molar-refractivity contribution in [3.05, 3.63) is 59.9 Å². The topological polar surface area (TPSA) is 34.1 Å². The van der Waals surface area contributed by atoms with Crippen LogP contribution in [-0.4, -0.2) is 11.5 Å². The van der Waals surface area contributed by atoms with E-state index < -0.39 is 0 Å². The largest absolute Gasteiger partial charge is 0.489 e. The van der Waals surface area contributed by atoms with Gasteiger partial charge in [-0.05, 0) is 48.9 Å². The zero-order chi connectivity index (χ0) is 13.5. The molecule has 1 atom stereocenters. The van der Waals surface area contributed by atoms with Gasteiger partial charge in [-0.3, -0.25) is 4.98 Å². The smallest absolute Gasteiger partial charge is 0.119 e. The highest BCUT2D eigenvalue weighted by Crippen LogP contribution is 2.18. The molecule has 0 aliphatic heterocycles. The van der Waals surface area contributed by atoms with Crippen LogP contribution >= 0.6 is 0 Å². The van der Waals surface area contributed by atoms with Crippen LogP contribution in [0.25, 0.3) is 0 Å². The van der Waals surface area contributed by atoms with E-state index in [0.717, 1.165) is 17.9 Å². The van der Waals surface area contributed by atoms with Crippen molar-refractivity contribution in [3.63, 3.8) is 0 Å². The molecule has 0 spiro atoms. The Labute approximate surface area is 114 Å².